The maximum atomic E-state index is 12.2. The maximum absolute atomic E-state index is 12.2. The zero-order valence-electron chi connectivity index (χ0n) is 10.7. The van der Waals surface area contributed by atoms with Crippen molar-refractivity contribution in [3.8, 4) is 0 Å². The van der Waals surface area contributed by atoms with Crippen LogP contribution in [0.3, 0.4) is 0 Å². The lowest BCUT2D eigenvalue weighted by atomic mass is 9.67. The second-order valence-corrected chi connectivity index (χ2v) is 8.14. The first kappa shape index (κ1) is 15.3. The van der Waals surface area contributed by atoms with Crippen LogP contribution in [0.25, 0.3) is 0 Å². The summed E-state index contributed by atoms with van der Waals surface area (Å²) in [6.45, 7) is 2.64. The normalized spacial score (nSPS) is 18.1. The lowest BCUT2D eigenvalue weighted by Crippen LogP contribution is -2.41. The Morgan fingerprint density at radius 2 is 2.11 bits per heavy atom. The second kappa shape index (κ2) is 5.72. The van der Waals surface area contributed by atoms with Crippen LogP contribution in [0.5, 0.6) is 0 Å². The van der Waals surface area contributed by atoms with Crippen molar-refractivity contribution in [1.29, 1.82) is 0 Å². The van der Waals surface area contributed by atoms with Crippen LogP contribution in [-0.4, -0.2) is 15.0 Å². The first-order valence-electron chi connectivity index (χ1n) is 6.33. The van der Waals surface area contributed by atoms with Gasteiger partial charge in [0.05, 0.1) is 9.92 Å². The van der Waals surface area contributed by atoms with Gasteiger partial charge in [-0.05, 0) is 58.8 Å². The van der Waals surface area contributed by atoms with E-state index in [1.54, 1.807) is 6.07 Å². The lowest BCUT2D eigenvalue weighted by Gasteiger charge is -2.41. The van der Waals surface area contributed by atoms with Gasteiger partial charge in [0.25, 0.3) is 0 Å². The molecule has 0 heterocycles. The summed E-state index contributed by atoms with van der Waals surface area (Å²) in [5.41, 5.74) is 0.163. The molecule has 19 heavy (non-hydrogen) atoms. The largest absolute Gasteiger partial charge is 0.240 e. The average molecular weight is 367 g/mol. The summed E-state index contributed by atoms with van der Waals surface area (Å²) in [4.78, 5) is 0.245. The third-order valence-corrected chi connectivity index (χ3v) is 6.62. The first-order valence-corrected chi connectivity index (χ1v) is 8.99. The standard InChI is InChI=1S/C13H17BrClNO2S/c1-2-13(6-3-7-13)9-16-19(17,18)10-4-5-12(15)11(14)8-10/h4-5,8,16H,2-3,6-7,9H2,1H3. The summed E-state index contributed by atoms with van der Waals surface area (Å²) in [6.07, 6.45) is 4.43. The number of hydrogen-bond acceptors (Lipinski definition) is 2. The highest BCUT2D eigenvalue weighted by atomic mass is 79.9. The molecule has 0 radical (unpaired) electrons. The fourth-order valence-electron chi connectivity index (χ4n) is 2.31. The molecule has 1 aliphatic carbocycles. The van der Waals surface area contributed by atoms with Crippen LogP contribution < -0.4 is 4.72 Å². The van der Waals surface area contributed by atoms with Gasteiger partial charge in [-0.25, -0.2) is 13.1 Å². The van der Waals surface area contributed by atoms with Gasteiger partial charge in [0.1, 0.15) is 0 Å². The lowest BCUT2D eigenvalue weighted by molar-refractivity contribution is 0.133. The van der Waals surface area contributed by atoms with Crippen LogP contribution in [0, 0.1) is 5.41 Å². The van der Waals surface area contributed by atoms with Crippen LogP contribution in [0.2, 0.25) is 5.02 Å². The zero-order valence-corrected chi connectivity index (χ0v) is 13.9. The molecule has 0 spiro atoms. The molecule has 0 aromatic heterocycles. The topological polar surface area (TPSA) is 46.2 Å². The third kappa shape index (κ3) is 3.32. The van der Waals surface area contributed by atoms with E-state index in [0.29, 0.717) is 16.0 Å². The van der Waals surface area contributed by atoms with Crippen molar-refractivity contribution in [1.82, 2.24) is 4.72 Å². The Bertz CT molecular complexity index is 564. The van der Waals surface area contributed by atoms with E-state index in [1.807, 2.05) is 0 Å². The molecule has 0 aliphatic heterocycles. The summed E-state index contributed by atoms with van der Waals surface area (Å²) < 4.78 is 27.8. The molecule has 1 fully saturated rings. The van der Waals surface area contributed by atoms with E-state index in [2.05, 4.69) is 27.6 Å². The summed E-state index contributed by atoms with van der Waals surface area (Å²) in [7, 11) is -3.46. The number of halogens is 2. The van der Waals surface area contributed by atoms with E-state index in [4.69, 9.17) is 11.6 Å². The Morgan fingerprint density at radius 1 is 1.42 bits per heavy atom. The smallest absolute Gasteiger partial charge is 0.211 e. The predicted octanol–water partition coefficient (Wildman–Crippen LogP) is 3.96. The summed E-state index contributed by atoms with van der Waals surface area (Å²) in [6, 6.07) is 4.64. The van der Waals surface area contributed by atoms with Crippen molar-refractivity contribution in [2.75, 3.05) is 6.54 Å². The number of rotatable bonds is 5. The Balaban J connectivity index is 2.11. The maximum Gasteiger partial charge on any atom is 0.240 e. The Labute approximate surface area is 127 Å². The fraction of sp³-hybridized carbons (Fsp3) is 0.538. The van der Waals surface area contributed by atoms with Crippen LogP contribution in [0.4, 0.5) is 0 Å². The molecule has 0 bridgehead atoms. The Hall–Kier alpha value is -0.100. The van der Waals surface area contributed by atoms with Crippen molar-refractivity contribution in [2.45, 2.75) is 37.5 Å². The molecule has 3 nitrogen and oxygen atoms in total. The number of benzene rings is 1. The van der Waals surface area contributed by atoms with Crippen molar-refractivity contribution >= 4 is 37.6 Å². The van der Waals surface area contributed by atoms with Gasteiger partial charge in [-0.3, -0.25) is 0 Å². The van der Waals surface area contributed by atoms with Crippen LogP contribution in [0.15, 0.2) is 27.6 Å². The summed E-state index contributed by atoms with van der Waals surface area (Å²) in [5, 5.41) is 0.503. The van der Waals surface area contributed by atoms with E-state index >= 15 is 0 Å². The van der Waals surface area contributed by atoms with Gasteiger partial charge in [0, 0.05) is 11.0 Å². The molecule has 6 heteroatoms. The van der Waals surface area contributed by atoms with Gasteiger partial charge < -0.3 is 0 Å². The SMILES string of the molecule is CCC1(CNS(=O)(=O)c2ccc(Cl)c(Br)c2)CCC1. The predicted molar refractivity (Wildman–Crippen MR) is 80.9 cm³/mol. The van der Waals surface area contributed by atoms with Crippen molar-refractivity contribution in [3.05, 3.63) is 27.7 Å². The Morgan fingerprint density at radius 3 is 2.58 bits per heavy atom. The minimum Gasteiger partial charge on any atom is -0.211 e. The monoisotopic (exact) mass is 365 g/mol. The van der Waals surface area contributed by atoms with Crippen LogP contribution in [0.1, 0.15) is 32.6 Å². The summed E-state index contributed by atoms with van der Waals surface area (Å²) >= 11 is 9.12. The van der Waals surface area contributed by atoms with Crippen molar-refractivity contribution in [3.63, 3.8) is 0 Å². The molecule has 1 aromatic rings. The minimum atomic E-state index is -3.46. The molecule has 1 aliphatic rings. The van der Waals surface area contributed by atoms with Gasteiger partial charge in [-0.2, -0.15) is 0 Å². The highest BCUT2D eigenvalue weighted by molar-refractivity contribution is 9.10. The molecular weight excluding hydrogens is 350 g/mol. The van der Waals surface area contributed by atoms with E-state index in [9.17, 15) is 8.42 Å². The molecule has 0 atom stereocenters. The number of hydrogen-bond donors (Lipinski definition) is 1. The molecule has 0 unspecified atom stereocenters. The molecular formula is C13H17BrClNO2S. The van der Waals surface area contributed by atoms with E-state index < -0.39 is 10.0 Å². The highest BCUT2D eigenvalue weighted by Crippen LogP contribution is 2.43. The number of sulfonamides is 1. The first-order chi connectivity index (χ1) is 8.88. The van der Waals surface area contributed by atoms with Crippen LogP contribution in [-0.2, 0) is 10.0 Å². The number of nitrogens with one attached hydrogen (secondary N) is 1. The molecule has 2 rings (SSSR count). The molecule has 1 saturated carbocycles. The molecule has 1 aromatic carbocycles. The minimum absolute atomic E-state index is 0.163. The van der Waals surface area contributed by atoms with Gasteiger partial charge >= 0.3 is 0 Å². The quantitative estimate of drug-likeness (QED) is 0.857. The molecule has 0 amide bonds. The van der Waals surface area contributed by atoms with Gasteiger partial charge in [0.2, 0.25) is 10.0 Å². The molecule has 0 saturated heterocycles. The van der Waals surface area contributed by atoms with Gasteiger partial charge in [-0.15, -0.1) is 0 Å². The van der Waals surface area contributed by atoms with E-state index in [-0.39, 0.29) is 10.3 Å². The third-order valence-electron chi connectivity index (χ3n) is 4.00. The van der Waals surface area contributed by atoms with Gasteiger partial charge in [-0.1, -0.05) is 24.9 Å². The van der Waals surface area contributed by atoms with E-state index in [1.165, 1.54) is 18.6 Å². The zero-order chi connectivity index (χ0) is 14.1. The summed E-state index contributed by atoms with van der Waals surface area (Å²) in [5.74, 6) is 0. The van der Waals surface area contributed by atoms with Crippen molar-refractivity contribution < 1.29 is 8.42 Å². The molecule has 1 N–H and O–H groups in total. The fourth-order valence-corrected chi connectivity index (χ4v) is 4.14. The van der Waals surface area contributed by atoms with Crippen LogP contribution >= 0.6 is 27.5 Å². The second-order valence-electron chi connectivity index (χ2n) is 5.11. The Kier molecular flexibility index (Phi) is 4.60. The average Bonchev–Trinajstić information content (AvgIpc) is 2.31. The van der Waals surface area contributed by atoms with E-state index in [0.717, 1.165) is 19.3 Å². The highest BCUT2D eigenvalue weighted by Gasteiger charge is 2.36. The van der Waals surface area contributed by atoms with Crippen molar-refractivity contribution in [2.24, 2.45) is 5.41 Å². The molecule has 106 valence electrons. The van der Waals surface area contributed by atoms with Gasteiger partial charge in [0.15, 0.2) is 0 Å².